The van der Waals surface area contributed by atoms with Gasteiger partial charge in [0.2, 0.25) is 0 Å². The van der Waals surface area contributed by atoms with Crippen LogP contribution in [-0.4, -0.2) is 27.0 Å². The SMILES string of the molecule is COc1ncc(Cc2nccc(=O)[nH]2)cn1. The van der Waals surface area contributed by atoms with Gasteiger partial charge in [-0.3, -0.25) is 4.79 Å². The average Bonchev–Trinajstić information content (AvgIpc) is 2.30. The van der Waals surface area contributed by atoms with Crippen molar-refractivity contribution in [3.05, 3.63) is 46.4 Å². The van der Waals surface area contributed by atoms with Crippen molar-refractivity contribution in [3.63, 3.8) is 0 Å². The highest BCUT2D eigenvalue weighted by molar-refractivity contribution is 5.12. The minimum atomic E-state index is -0.167. The Morgan fingerprint density at radius 2 is 2.06 bits per heavy atom. The van der Waals surface area contributed by atoms with E-state index < -0.39 is 0 Å². The smallest absolute Gasteiger partial charge is 0.316 e. The van der Waals surface area contributed by atoms with E-state index in [0.717, 1.165) is 5.56 Å². The lowest BCUT2D eigenvalue weighted by Gasteiger charge is -2.00. The normalized spacial score (nSPS) is 10.1. The summed E-state index contributed by atoms with van der Waals surface area (Å²) >= 11 is 0. The van der Waals surface area contributed by atoms with E-state index in [1.54, 1.807) is 12.4 Å². The molecule has 0 aliphatic rings. The summed E-state index contributed by atoms with van der Waals surface area (Å²) < 4.78 is 4.84. The van der Waals surface area contributed by atoms with Gasteiger partial charge in [0.25, 0.3) is 5.56 Å². The van der Waals surface area contributed by atoms with Gasteiger partial charge in [-0.05, 0) is 5.56 Å². The maximum Gasteiger partial charge on any atom is 0.316 e. The molecule has 0 fully saturated rings. The largest absolute Gasteiger partial charge is 0.467 e. The molecule has 0 bridgehead atoms. The zero-order chi connectivity index (χ0) is 11.4. The van der Waals surface area contributed by atoms with Crippen molar-refractivity contribution < 1.29 is 4.74 Å². The standard InChI is InChI=1S/C10H10N4O2/c1-16-10-12-5-7(6-13-10)4-8-11-3-2-9(15)14-8/h2-3,5-6H,4H2,1H3,(H,11,14,15). The molecule has 2 heterocycles. The number of hydrogen-bond acceptors (Lipinski definition) is 5. The van der Waals surface area contributed by atoms with E-state index in [2.05, 4.69) is 19.9 Å². The molecule has 82 valence electrons. The molecule has 0 radical (unpaired) electrons. The van der Waals surface area contributed by atoms with Crippen LogP contribution in [0, 0.1) is 0 Å². The van der Waals surface area contributed by atoms with Crippen molar-refractivity contribution in [2.45, 2.75) is 6.42 Å². The van der Waals surface area contributed by atoms with Gasteiger partial charge in [-0.25, -0.2) is 15.0 Å². The highest BCUT2D eigenvalue weighted by atomic mass is 16.5. The maximum atomic E-state index is 11.0. The van der Waals surface area contributed by atoms with E-state index in [-0.39, 0.29) is 5.56 Å². The Balaban J connectivity index is 2.17. The van der Waals surface area contributed by atoms with Crippen LogP contribution < -0.4 is 10.3 Å². The van der Waals surface area contributed by atoms with Gasteiger partial charge in [0.05, 0.1) is 7.11 Å². The first-order valence-corrected chi connectivity index (χ1v) is 4.67. The van der Waals surface area contributed by atoms with Gasteiger partial charge in [0.15, 0.2) is 0 Å². The van der Waals surface area contributed by atoms with Crippen molar-refractivity contribution in [2.24, 2.45) is 0 Å². The molecule has 2 aromatic rings. The van der Waals surface area contributed by atoms with Crippen LogP contribution in [-0.2, 0) is 6.42 Å². The Hall–Kier alpha value is -2.24. The van der Waals surface area contributed by atoms with E-state index in [1.165, 1.54) is 19.4 Å². The number of hydrogen-bond donors (Lipinski definition) is 1. The first-order chi connectivity index (χ1) is 7.78. The minimum Gasteiger partial charge on any atom is -0.467 e. The predicted molar refractivity (Wildman–Crippen MR) is 56.2 cm³/mol. The monoisotopic (exact) mass is 218 g/mol. The number of nitrogens with zero attached hydrogens (tertiary/aromatic N) is 3. The van der Waals surface area contributed by atoms with E-state index in [1.807, 2.05) is 0 Å². The third kappa shape index (κ3) is 2.41. The molecule has 2 aromatic heterocycles. The fourth-order valence-corrected chi connectivity index (χ4v) is 1.23. The second-order valence-electron chi connectivity index (χ2n) is 3.14. The molecular weight excluding hydrogens is 208 g/mol. The van der Waals surface area contributed by atoms with Crippen LogP contribution in [0.4, 0.5) is 0 Å². The molecule has 6 nitrogen and oxygen atoms in total. The zero-order valence-electron chi connectivity index (χ0n) is 8.67. The molecular formula is C10H10N4O2. The summed E-state index contributed by atoms with van der Waals surface area (Å²) in [7, 11) is 1.51. The van der Waals surface area contributed by atoms with Crippen molar-refractivity contribution in [2.75, 3.05) is 7.11 Å². The van der Waals surface area contributed by atoms with Gasteiger partial charge >= 0.3 is 6.01 Å². The molecule has 16 heavy (non-hydrogen) atoms. The van der Waals surface area contributed by atoms with E-state index >= 15 is 0 Å². The van der Waals surface area contributed by atoms with Crippen LogP contribution >= 0.6 is 0 Å². The second kappa shape index (κ2) is 4.52. The first kappa shape index (κ1) is 10.3. The predicted octanol–water partition coefficient (Wildman–Crippen LogP) is 0.159. The molecule has 0 saturated heterocycles. The molecule has 0 saturated carbocycles. The zero-order valence-corrected chi connectivity index (χ0v) is 8.67. The van der Waals surface area contributed by atoms with Crippen molar-refractivity contribution in [3.8, 4) is 6.01 Å². The molecule has 6 heteroatoms. The minimum absolute atomic E-state index is 0.167. The van der Waals surface area contributed by atoms with Gasteiger partial charge in [-0.15, -0.1) is 0 Å². The van der Waals surface area contributed by atoms with Crippen LogP contribution in [0.25, 0.3) is 0 Å². The summed E-state index contributed by atoms with van der Waals surface area (Å²) in [5, 5.41) is 0. The number of rotatable bonds is 3. The van der Waals surface area contributed by atoms with E-state index in [9.17, 15) is 4.79 Å². The molecule has 0 aliphatic heterocycles. The topological polar surface area (TPSA) is 80.8 Å². The van der Waals surface area contributed by atoms with Crippen LogP contribution in [0.15, 0.2) is 29.5 Å². The van der Waals surface area contributed by atoms with E-state index in [0.29, 0.717) is 18.3 Å². The maximum absolute atomic E-state index is 11.0. The summed E-state index contributed by atoms with van der Waals surface area (Å²) in [4.78, 5) is 25.6. The number of aromatic nitrogens is 4. The molecule has 0 atom stereocenters. The van der Waals surface area contributed by atoms with Gasteiger partial charge in [-0.2, -0.15) is 0 Å². The molecule has 0 unspecified atom stereocenters. The van der Waals surface area contributed by atoms with Gasteiger partial charge in [0.1, 0.15) is 5.82 Å². The second-order valence-corrected chi connectivity index (χ2v) is 3.14. The molecule has 0 spiro atoms. The molecule has 1 N–H and O–H groups in total. The third-order valence-corrected chi connectivity index (χ3v) is 1.96. The molecule has 0 amide bonds. The number of H-pyrrole nitrogens is 1. The third-order valence-electron chi connectivity index (χ3n) is 1.96. The number of aromatic amines is 1. The first-order valence-electron chi connectivity index (χ1n) is 4.67. The summed E-state index contributed by atoms with van der Waals surface area (Å²) in [6.07, 6.45) is 5.23. The highest BCUT2D eigenvalue weighted by Gasteiger charge is 2.00. The van der Waals surface area contributed by atoms with Gasteiger partial charge in [-0.1, -0.05) is 0 Å². The Morgan fingerprint density at radius 3 is 2.69 bits per heavy atom. The fraction of sp³-hybridized carbons (Fsp3) is 0.200. The van der Waals surface area contributed by atoms with Crippen LogP contribution in [0.3, 0.4) is 0 Å². The number of ether oxygens (including phenoxy) is 1. The Morgan fingerprint density at radius 1 is 1.31 bits per heavy atom. The Labute approximate surface area is 91.4 Å². The van der Waals surface area contributed by atoms with Crippen LogP contribution in [0.1, 0.15) is 11.4 Å². The summed E-state index contributed by atoms with van der Waals surface area (Å²) in [6.45, 7) is 0. The lowest BCUT2D eigenvalue weighted by Crippen LogP contribution is -2.09. The lowest BCUT2D eigenvalue weighted by atomic mass is 10.2. The average molecular weight is 218 g/mol. The van der Waals surface area contributed by atoms with Gasteiger partial charge in [0, 0.05) is 31.1 Å². The Bertz CT molecular complexity index is 521. The van der Waals surface area contributed by atoms with Crippen molar-refractivity contribution in [1.29, 1.82) is 0 Å². The van der Waals surface area contributed by atoms with Gasteiger partial charge < -0.3 is 9.72 Å². The van der Waals surface area contributed by atoms with E-state index in [4.69, 9.17) is 4.74 Å². The van der Waals surface area contributed by atoms with Crippen molar-refractivity contribution in [1.82, 2.24) is 19.9 Å². The summed E-state index contributed by atoms with van der Waals surface area (Å²) in [5.74, 6) is 0.585. The van der Waals surface area contributed by atoms with Crippen molar-refractivity contribution >= 4 is 0 Å². The summed E-state index contributed by atoms with van der Waals surface area (Å²) in [5.41, 5.74) is 0.689. The Kier molecular flexibility index (Phi) is 2.90. The quantitative estimate of drug-likeness (QED) is 0.793. The summed E-state index contributed by atoms with van der Waals surface area (Å²) in [6, 6.07) is 1.69. The lowest BCUT2D eigenvalue weighted by molar-refractivity contribution is 0.379. The fourth-order valence-electron chi connectivity index (χ4n) is 1.23. The number of nitrogens with one attached hydrogen (secondary N) is 1. The van der Waals surface area contributed by atoms with Crippen LogP contribution in [0.2, 0.25) is 0 Å². The van der Waals surface area contributed by atoms with Crippen LogP contribution in [0.5, 0.6) is 6.01 Å². The highest BCUT2D eigenvalue weighted by Crippen LogP contribution is 2.04. The molecule has 0 aromatic carbocycles. The molecule has 2 rings (SSSR count). The number of methoxy groups -OCH3 is 1. The molecule has 0 aliphatic carbocycles.